The standard InChI is InChI=1S/C23H26N2O3/c1-16(2)15-28-22-13-18(10-11-21(22)27-4)12-20(14-24)23(26)25-17(3)19-8-6-5-7-9-19/h5-13,16-17H,15H2,1-4H3,(H,25,26)/b20-12+/t17-/m1/s1. The minimum Gasteiger partial charge on any atom is -0.493 e. The van der Waals surface area contributed by atoms with Gasteiger partial charge in [0.15, 0.2) is 11.5 Å². The van der Waals surface area contributed by atoms with Gasteiger partial charge in [-0.1, -0.05) is 50.2 Å². The Morgan fingerprint density at radius 2 is 1.86 bits per heavy atom. The fraction of sp³-hybridized carbons (Fsp3) is 0.304. The number of ether oxygens (including phenoxy) is 2. The zero-order valence-electron chi connectivity index (χ0n) is 16.7. The first-order chi connectivity index (χ1) is 13.4. The van der Waals surface area contributed by atoms with Crippen molar-refractivity contribution in [2.24, 2.45) is 5.92 Å². The lowest BCUT2D eigenvalue weighted by Gasteiger charge is -2.14. The van der Waals surface area contributed by atoms with Gasteiger partial charge in [-0.3, -0.25) is 4.79 Å². The van der Waals surface area contributed by atoms with Crippen molar-refractivity contribution in [3.8, 4) is 17.6 Å². The summed E-state index contributed by atoms with van der Waals surface area (Å²) < 4.78 is 11.1. The summed E-state index contributed by atoms with van der Waals surface area (Å²) in [5, 5.41) is 12.3. The molecule has 1 N–H and O–H groups in total. The van der Waals surface area contributed by atoms with E-state index < -0.39 is 5.91 Å². The topological polar surface area (TPSA) is 71.3 Å². The second kappa shape index (κ2) is 10.2. The molecule has 5 nitrogen and oxygen atoms in total. The molecule has 0 aliphatic heterocycles. The smallest absolute Gasteiger partial charge is 0.262 e. The molecule has 0 fully saturated rings. The number of carbonyl (C=O) groups is 1. The Balaban J connectivity index is 2.19. The average Bonchev–Trinajstić information content (AvgIpc) is 2.70. The normalized spacial score (nSPS) is 12.2. The van der Waals surface area contributed by atoms with Gasteiger partial charge in [0.05, 0.1) is 19.8 Å². The van der Waals surface area contributed by atoms with E-state index in [1.165, 1.54) is 0 Å². The maximum atomic E-state index is 12.5. The van der Waals surface area contributed by atoms with Gasteiger partial charge in [-0.25, -0.2) is 0 Å². The number of nitrogens with one attached hydrogen (secondary N) is 1. The molecular formula is C23H26N2O3. The highest BCUT2D eigenvalue weighted by molar-refractivity contribution is 6.01. The first-order valence-corrected chi connectivity index (χ1v) is 9.23. The molecule has 2 rings (SSSR count). The monoisotopic (exact) mass is 378 g/mol. The molecule has 0 saturated carbocycles. The van der Waals surface area contributed by atoms with E-state index in [0.29, 0.717) is 29.6 Å². The van der Waals surface area contributed by atoms with Gasteiger partial charge in [-0.05, 0) is 42.2 Å². The van der Waals surface area contributed by atoms with Gasteiger partial charge < -0.3 is 14.8 Å². The first kappa shape index (κ1) is 21.0. The van der Waals surface area contributed by atoms with Crippen LogP contribution in [0.15, 0.2) is 54.1 Å². The van der Waals surface area contributed by atoms with Crippen molar-refractivity contribution in [3.05, 3.63) is 65.2 Å². The molecule has 0 unspecified atom stereocenters. The second-order valence-corrected chi connectivity index (χ2v) is 6.89. The quantitative estimate of drug-likeness (QED) is 0.542. The van der Waals surface area contributed by atoms with Crippen LogP contribution < -0.4 is 14.8 Å². The molecule has 0 spiro atoms. The highest BCUT2D eigenvalue weighted by Gasteiger charge is 2.14. The maximum absolute atomic E-state index is 12.5. The predicted octanol–water partition coefficient (Wildman–Crippen LogP) is 4.51. The number of benzene rings is 2. The van der Waals surface area contributed by atoms with Crippen LogP contribution in [0.5, 0.6) is 11.5 Å². The predicted molar refractivity (Wildman–Crippen MR) is 110 cm³/mol. The van der Waals surface area contributed by atoms with E-state index in [0.717, 1.165) is 5.56 Å². The molecule has 1 atom stereocenters. The molecule has 2 aromatic rings. The van der Waals surface area contributed by atoms with Gasteiger partial charge in [-0.2, -0.15) is 5.26 Å². The van der Waals surface area contributed by atoms with E-state index in [1.807, 2.05) is 43.3 Å². The highest BCUT2D eigenvalue weighted by atomic mass is 16.5. The number of nitriles is 1. The average molecular weight is 378 g/mol. The lowest BCUT2D eigenvalue weighted by molar-refractivity contribution is -0.117. The molecule has 0 saturated heterocycles. The molecule has 0 radical (unpaired) electrons. The van der Waals surface area contributed by atoms with Crippen LogP contribution in [-0.2, 0) is 4.79 Å². The molecule has 146 valence electrons. The SMILES string of the molecule is COc1ccc(/C=C(\C#N)C(=O)N[C@H](C)c2ccccc2)cc1OCC(C)C. The third-order valence-corrected chi connectivity index (χ3v) is 4.08. The van der Waals surface area contributed by atoms with Crippen molar-refractivity contribution in [1.82, 2.24) is 5.32 Å². The third kappa shape index (κ3) is 5.88. The summed E-state index contributed by atoms with van der Waals surface area (Å²) in [6, 6.07) is 16.7. The second-order valence-electron chi connectivity index (χ2n) is 6.89. The zero-order chi connectivity index (χ0) is 20.5. The van der Waals surface area contributed by atoms with Crippen LogP contribution in [0.25, 0.3) is 6.08 Å². The fourth-order valence-corrected chi connectivity index (χ4v) is 2.57. The van der Waals surface area contributed by atoms with Crippen molar-refractivity contribution < 1.29 is 14.3 Å². The number of amides is 1. The number of hydrogen-bond acceptors (Lipinski definition) is 4. The van der Waals surface area contributed by atoms with Gasteiger partial charge in [0.2, 0.25) is 0 Å². The van der Waals surface area contributed by atoms with E-state index in [-0.39, 0.29) is 11.6 Å². The lowest BCUT2D eigenvalue weighted by Crippen LogP contribution is -2.27. The lowest BCUT2D eigenvalue weighted by atomic mass is 10.1. The van der Waals surface area contributed by atoms with Crippen LogP contribution in [0.3, 0.4) is 0 Å². The Morgan fingerprint density at radius 1 is 1.14 bits per heavy atom. The molecule has 2 aromatic carbocycles. The van der Waals surface area contributed by atoms with Crippen molar-refractivity contribution in [1.29, 1.82) is 5.26 Å². The van der Waals surface area contributed by atoms with Crippen LogP contribution >= 0.6 is 0 Å². The number of rotatable bonds is 8. The Labute approximate surface area is 166 Å². The molecule has 1 amide bonds. The highest BCUT2D eigenvalue weighted by Crippen LogP contribution is 2.29. The first-order valence-electron chi connectivity index (χ1n) is 9.23. The summed E-state index contributed by atoms with van der Waals surface area (Å²) >= 11 is 0. The van der Waals surface area contributed by atoms with Crippen LogP contribution in [-0.4, -0.2) is 19.6 Å². The van der Waals surface area contributed by atoms with Crippen molar-refractivity contribution >= 4 is 12.0 Å². The van der Waals surface area contributed by atoms with Gasteiger partial charge in [0.1, 0.15) is 11.6 Å². The Kier molecular flexibility index (Phi) is 7.65. The van der Waals surface area contributed by atoms with Crippen molar-refractivity contribution in [3.63, 3.8) is 0 Å². The molecule has 0 aliphatic rings. The molecular weight excluding hydrogens is 352 g/mol. The van der Waals surface area contributed by atoms with Crippen LogP contribution in [0.2, 0.25) is 0 Å². The summed E-state index contributed by atoms with van der Waals surface area (Å²) in [5.41, 5.74) is 1.70. The zero-order valence-corrected chi connectivity index (χ0v) is 16.7. The number of methoxy groups -OCH3 is 1. The Bertz CT molecular complexity index is 867. The Morgan fingerprint density at radius 3 is 2.46 bits per heavy atom. The summed E-state index contributed by atoms with van der Waals surface area (Å²) in [4.78, 5) is 12.5. The molecule has 0 heterocycles. The van der Waals surface area contributed by atoms with Gasteiger partial charge in [0, 0.05) is 0 Å². The van der Waals surface area contributed by atoms with Gasteiger partial charge >= 0.3 is 0 Å². The van der Waals surface area contributed by atoms with Crippen molar-refractivity contribution in [2.45, 2.75) is 26.8 Å². The van der Waals surface area contributed by atoms with Gasteiger partial charge in [0.25, 0.3) is 5.91 Å². The van der Waals surface area contributed by atoms with Crippen LogP contribution in [0.1, 0.15) is 37.9 Å². The van der Waals surface area contributed by atoms with E-state index >= 15 is 0 Å². The summed E-state index contributed by atoms with van der Waals surface area (Å²) in [5.74, 6) is 1.14. The van der Waals surface area contributed by atoms with Crippen molar-refractivity contribution in [2.75, 3.05) is 13.7 Å². The van der Waals surface area contributed by atoms with E-state index in [1.54, 1.807) is 31.4 Å². The van der Waals surface area contributed by atoms with E-state index in [9.17, 15) is 10.1 Å². The third-order valence-electron chi connectivity index (χ3n) is 4.08. The maximum Gasteiger partial charge on any atom is 0.262 e. The molecule has 0 aromatic heterocycles. The fourth-order valence-electron chi connectivity index (χ4n) is 2.57. The van der Waals surface area contributed by atoms with E-state index in [2.05, 4.69) is 19.2 Å². The molecule has 28 heavy (non-hydrogen) atoms. The van der Waals surface area contributed by atoms with Gasteiger partial charge in [-0.15, -0.1) is 0 Å². The summed E-state index contributed by atoms with van der Waals surface area (Å²) in [7, 11) is 1.58. The Hall–Kier alpha value is -3.26. The number of hydrogen-bond donors (Lipinski definition) is 1. The largest absolute Gasteiger partial charge is 0.493 e. The molecule has 0 bridgehead atoms. The minimum atomic E-state index is -0.417. The van der Waals surface area contributed by atoms with Crippen LogP contribution in [0.4, 0.5) is 0 Å². The minimum absolute atomic E-state index is 0.0303. The van der Waals surface area contributed by atoms with Crippen LogP contribution in [0, 0.1) is 17.2 Å². The molecule has 5 heteroatoms. The number of carbonyl (C=O) groups excluding carboxylic acids is 1. The summed E-state index contributed by atoms with van der Waals surface area (Å²) in [6.07, 6.45) is 1.55. The van der Waals surface area contributed by atoms with E-state index in [4.69, 9.17) is 9.47 Å². The molecule has 0 aliphatic carbocycles. The number of nitrogens with zero attached hydrogens (tertiary/aromatic N) is 1. The summed E-state index contributed by atoms with van der Waals surface area (Å²) in [6.45, 7) is 6.54.